The van der Waals surface area contributed by atoms with E-state index in [1.165, 1.54) is 6.42 Å². The molecule has 1 aliphatic heterocycles. The average molecular weight is 240 g/mol. The molecule has 3 nitrogen and oxygen atoms in total. The molecule has 0 spiro atoms. The lowest BCUT2D eigenvalue weighted by Gasteiger charge is -2.18. The molecule has 0 radical (unpaired) electrons. The highest BCUT2D eigenvalue weighted by Crippen LogP contribution is 2.26. The van der Waals surface area contributed by atoms with Crippen molar-refractivity contribution in [3.8, 4) is 0 Å². The van der Waals surface area contributed by atoms with Crippen LogP contribution in [0.3, 0.4) is 0 Å². The smallest absolute Gasteiger partial charge is 0.151 e. The highest BCUT2D eigenvalue weighted by Gasteiger charge is 2.25. The van der Waals surface area contributed by atoms with Gasteiger partial charge < -0.3 is 4.90 Å². The Morgan fingerprint density at radius 3 is 2.75 bits per heavy atom. The van der Waals surface area contributed by atoms with Crippen molar-refractivity contribution in [1.29, 1.82) is 0 Å². The van der Waals surface area contributed by atoms with Crippen molar-refractivity contribution in [3.63, 3.8) is 0 Å². The zero-order chi connectivity index (χ0) is 11.5. The number of anilines is 1. The van der Waals surface area contributed by atoms with E-state index in [9.17, 15) is 0 Å². The van der Waals surface area contributed by atoms with E-state index in [4.69, 9.17) is 11.6 Å². The summed E-state index contributed by atoms with van der Waals surface area (Å²) in [6.45, 7) is 6.77. The minimum absolute atomic E-state index is 0.432. The lowest BCUT2D eigenvalue weighted by molar-refractivity contribution is 0.422. The summed E-state index contributed by atoms with van der Waals surface area (Å²) in [5.74, 6) is 2.95. The van der Waals surface area contributed by atoms with Gasteiger partial charge in [0.05, 0.1) is 11.6 Å². The molecule has 0 aliphatic carbocycles. The van der Waals surface area contributed by atoms with E-state index in [-0.39, 0.29) is 0 Å². The minimum atomic E-state index is 0.432. The first-order valence-electron chi connectivity index (χ1n) is 5.84. The Bertz CT molecular complexity index is 337. The number of hydrogen-bond acceptors (Lipinski definition) is 3. The van der Waals surface area contributed by atoms with Gasteiger partial charge in [-0.1, -0.05) is 13.8 Å². The summed E-state index contributed by atoms with van der Waals surface area (Å²) in [5, 5.41) is 8.30. The summed E-state index contributed by atoms with van der Waals surface area (Å²) in [6.07, 6.45) is 1.26. The van der Waals surface area contributed by atoms with Crippen molar-refractivity contribution in [2.24, 2.45) is 11.8 Å². The molecule has 0 saturated carbocycles. The van der Waals surface area contributed by atoms with Gasteiger partial charge in [0.2, 0.25) is 0 Å². The minimum Gasteiger partial charge on any atom is -0.355 e. The summed E-state index contributed by atoms with van der Waals surface area (Å²) < 4.78 is 0. The molecule has 2 heterocycles. The topological polar surface area (TPSA) is 29.0 Å². The van der Waals surface area contributed by atoms with E-state index in [2.05, 4.69) is 28.9 Å². The summed E-state index contributed by atoms with van der Waals surface area (Å²) in [5.41, 5.74) is 0.838. The molecule has 1 aromatic rings. The molecule has 4 heteroatoms. The van der Waals surface area contributed by atoms with Crippen LogP contribution in [0.15, 0.2) is 12.1 Å². The van der Waals surface area contributed by atoms with Crippen LogP contribution >= 0.6 is 11.6 Å². The maximum absolute atomic E-state index is 5.69. The molecule has 0 N–H and O–H groups in total. The maximum atomic E-state index is 5.69. The number of rotatable bonds is 3. The fourth-order valence-corrected chi connectivity index (χ4v) is 2.27. The van der Waals surface area contributed by atoms with Crippen molar-refractivity contribution >= 4 is 17.4 Å². The highest BCUT2D eigenvalue weighted by atomic mass is 35.5. The van der Waals surface area contributed by atoms with Gasteiger partial charge in [0, 0.05) is 13.1 Å². The third kappa shape index (κ3) is 2.46. The predicted molar refractivity (Wildman–Crippen MR) is 66.7 cm³/mol. The van der Waals surface area contributed by atoms with Gasteiger partial charge in [-0.2, -0.15) is 5.10 Å². The molecule has 1 atom stereocenters. The summed E-state index contributed by atoms with van der Waals surface area (Å²) in [4.78, 5) is 2.32. The van der Waals surface area contributed by atoms with Gasteiger partial charge in [-0.3, -0.25) is 0 Å². The molecular weight excluding hydrogens is 222 g/mol. The van der Waals surface area contributed by atoms with Crippen LogP contribution in [0.4, 0.5) is 5.82 Å². The number of alkyl halides is 1. The lowest BCUT2D eigenvalue weighted by atomic mass is 9.95. The monoisotopic (exact) mass is 239 g/mol. The zero-order valence-electron chi connectivity index (χ0n) is 9.86. The fourth-order valence-electron chi connectivity index (χ4n) is 2.13. The second-order valence-corrected chi connectivity index (χ2v) is 5.02. The molecule has 88 valence electrons. The first-order chi connectivity index (χ1) is 7.70. The first-order valence-corrected chi connectivity index (χ1v) is 6.37. The quantitative estimate of drug-likeness (QED) is 0.760. The molecule has 0 amide bonds. The van der Waals surface area contributed by atoms with Crippen LogP contribution in [-0.2, 0) is 5.88 Å². The highest BCUT2D eigenvalue weighted by molar-refractivity contribution is 6.16. The van der Waals surface area contributed by atoms with E-state index < -0.39 is 0 Å². The third-order valence-electron chi connectivity index (χ3n) is 3.33. The van der Waals surface area contributed by atoms with Crippen LogP contribution in [-0.4, -0.2) is 23.3 Å². The molecule has 2 rings (SSSR count). The van der Waals surface area contributed by atoms with Crippen LogP contribution in [0.25, 0.3) is 0 Å². The molecule has 1 saturated heterocycles. The summed E-state index contributed by atoms with van der Waals surface area (Å²) >= 11 is 5.69. The number of nitrogens with zero attached hydrogens (tertiary/aromatic N) is 3. The molecule has 1 fully saturated rings. The SMILES string of the molecule is CC(C)C1CCN(c2ccc(CCl)nn2)C1. The van der Waals surface area contributed by atoms with Crippen LogP contribution < -0.4 is 4.90 Å². The number of hydrogen-bond donors (Lipinski definition) is 0. The molecule has 1 aromatic heterocycles. The van der Waals surface area contributed by atoms with Crippen LogP contribution in [0.2, 0.25) is 0 Å². The van der Waals surface area contributed by atoms with Crippen LogP contribution in [0.1, 0.15) is 26.0 Å². The molecule has 16 heavy (non-hydrogen) atoms. The molecule has 0 bridgehead atoms. The standard InChI is InChI=1S/C12H18ClN3/c1-9(2)10-5-6-16(8-10)12-4-3-11(7-13)14-15-12/h3-4,9-10H,5-8H2,1-2H3. The van der Waals surface area contributed by atoms with Gasteiger partial charge >= 0.3 is 0 Å². The Morgan fingerprint density at radius 2 is 2.25 bits per heavy atom. The normalized spacial score (nSPS) is 20.8. The number of halogens is 1. The fraction of sp³-hybridized carbons (Fsp3) is 0.667. The van der Waals surface area contributed by atoms with E-state index in [1.807, 2.05) is 12.1 Å². The Labute approximate surface area is 102 Å². The molecule has 1 unspecified atom stereocenters. The van der Waals surface area contributed by atoms with Crippen molar-refractivity contribution in [3.05, 3.63) is 17.8 Å². The van der Waals surface area contributed by atoms with Gasteiger partial charge in [-0.25, -0.2) is 0 Å². The van der Waals surface area contributed by atoms with Crippen molar-refractivity contribution in [2.45, 2.75) is 26.1 Å². The lowest BCUT2D eigenvalue weighted by Crippen LogP contribution is -2.22. The van der Waals surface area contributed by atoms with E-state index in [0.717, 1.165) is 36.4 Å². The first kappa shape index (κ1) is 11.6. The molecular formula is C12H18ClN3. The van der Waals surface area contributed by atoms with Crippen molar-refractivity contribution in [1.82, 2.24) is 10.2 Å². The van der Waals surface area contributed by atoms with Gasteiger partial charge in [0.15, 0.2) is 5.82 Å². The van der Waals surface area contributed by atoms with E-state index in [1.54, 1.807) is 0 Å². The Hall–Kier alpha value is -0.830. The average Bonchev–Trinajstić information content (AvgIpc) is 2.78. The third-order valence-corrected chi connectivity index (χ3v) is 3.61. The second kappa shape index (κ2) is 5.00. The Balaban J connectivity index is 2.03. The van der Waals surface area contributed by atoms with Crippen LogP contribution in [0, 0.1) is 11.8 Å². The molecule has 0 aromatic carbocycles. The predicted octanol–water partition coefficient (Wildman–Crippen LogP) is 2.70. The van der Waals surface area contributed by atoms with Crippen molar-refractivity contribution < 1.29 is 0 Å². The molecule has 1 aliphatic rings. The Kier molecular flexibility index (Phi) is 3.64. The van der Waals surface area contributed by atoms with Gasteiger partial charge in [-0.05, 0) is 30.4 Å². The summed E-state index contributed by atoms with van der Waals surface area (Å²) in [7, 11) is 0. The Morgan fingerprint density at radius 1 is 1.44 bits per heavy atom. The van der Waals surface area contributed by atoms with Gasteiger partial charge in [0.25, 0.3) is 0 Å². The maximum Gasteiger partial charge on any atom is 0.151 e. The van der Waals surface area contributed by atoms with E-state index in [0.29, 0.717) is 5.88 Å². The largest absolute Gasteiger partial charge is 0.355 e. The number of aromatic nitrogens is 2. The second-order valence-electron chi connectivity index (χ2n) is 4.76. The summed E-state index contributed by atoms with van der Waals surface area (Å²) in [6, 6.07) is 3.98. The zero-order valence-corrected chi connectivity index (χ0v) is 10.6. The van der Waals surface area contributed by atoms with Crippen LogP contribution in [0.5, 0.6) is 0 Å². The van der Waals surface area contributed by atoms with Crippen molar-refractivity contribution in [2.75, 3.05) is 18.0 Å². The van der Waals surface area contributed by atoms with Gasteiger partial charge in [0.1, 0.15) is 0 Å². The van der Waals surface area contributed by atoms with Gasteiger partial charge in [-0.15, -0.1) is 16.7 Å². The van der Waals surface area contributed by atoms with E-state index >= 15 is 0 Å².